The highest BCUT2D eigenvalue weighted by Crippen LogP contribution is 2.10. The molecule has 1 aromatic heterocycles. The molecule has 2 rings (SSSR count). The Morgan fingerprint density at radius 2 is 2.11 bits per heavy atom. The fraction of sp³-hybridized carbons (Fsp3) is 0.357. The molecule has 0 spiro atoms. The van der Waals surface area contributed by atoms with Crippen LogP contribution in [0.3, 0.4) is 0 Å². The van der Waals surface area contributed by atoms with Gasteiger partial charge in [0.05, 0.1) is 18.1 Å². The Labute approximate surface area is 107 Å². The summed E-state index contributed by atoms with van der Waals surface area (Å²) in [5, 5.41) is 13.2. The van der Waals surface area contributed by atoms with Crippen LogP contribution in [-0.2, 0) is 13.1 Å². The van der Waals surface area contributed by atoms with Crippen molar-refractivity contribution in [1.82, 2.24) is 14.9 Å². The summed E-state index contributed by atoms with van der Waals surface area (Å²) in [5.41, 5.74) is 2.08. The summed E-state index contributed by atoms with van der Waals surface area (Å²) < 4.78 is 2.09. The van der Waals surface area contributed by atoms with E-state index in [4.69, 9.17) is 0 Å². The van der Waals surface area contributed by atoms with E-state index in [1.54, 1.807) is 0 Å². The molecule has 0 aliphatic carbocycles. The number of benzene rings is 1. The van der Waals surface area contributed by atoms with E-state index in [0.29, 0.717) is 6.54 Å². The van der Waals surface area contributed by atoms with Crippen LogP contribution < -0.4 is 5.32 Å². The molecule has 1 aromatic carbocycles. The van der Waals surface area contributed by atoms with E-state index in [-0.39, 0.29) is 0 Å². The maximum absolute atomic E-state index is 9.99. The van der Waals surface area contributed by atoms with E-state index in [1.165, 1.54) is 0 Å². The van der Waals surface area contributed by atoms with Crippen LogP contribution in [0.15, 0.2) is 42.9 Å². The smallest absolute Gasteiger partial charge is 0.0948 e. The van der Waals surface area contributed by atoms with Crippen LogP contribution >= 0.6 is 0 Å². The van der Waals surface area contributed by atoms with Gasteiger partial charge in [-0.15, -0.1) is 0 Å². The SMILES string of the molecule is CCn1cncc1CNCC(O)c1ccccc1. The van der Waals surface area contributed by atoms with Crippen LogP contribution in [0.5, 0.6) is 0 Å². The number of aliphatic hydroxyl groups is 1. The summed E-state index contributed by atoms with van der Waals surface area (Å²) in [5.74, 6) is 0. The molecule has 2 N–H and O–H groups in total. The third kappa shape index (κ3) is 3.18. The number of hydrogen-bond donors (Lipinski definition) is 2. The zero-order valence-corrected chi connectivity index (χ0v) is 10.6. The Bertz CT molecular complexity index is 467. The van der Waals surface area contributed by atoms with Gasteiger partial charge in [-0.05, 0) is 12.5 Å². The van der Waals surface area contributed by atoms with Crippen molar-refractivity contribution in [3.8, 4) is 0 Å². The molecule has 0 bridgehead atoms. The van der Waals surface area contributed by atoms with E-state index in [0.717, 1.165) is 24.3 Å². The fourth-order valence-corrected chi connectivity index (χ4v) is 1.91. The summed E-state index contributed by atoms with van der Waals surface area (Å²) in [6.45, 7) is 4.26. The molecular formula is C14H19N3O. The molecule has 0 saturated heterocycles. The first kappa shape index (κ1) is 12.8. The first-order chi connectivity index (χ1) is 8.81. The zero-order chi connectivity index (χ0) is 12.8. The first-order valence-electron chi connectivity index (χ1n) is 6.24. The largest absolute Gasteiger partial charge is 0.387 e. The molecule has 0 amide bonds. The molecule has 0 radical (unpaired) electrons. The highest BCUT2D eigenvalue weighted by atomic mass is 16.3. The molecule has 1 atom stereocenters. The van der Waals surface area contributed by atoms with Crippen LogP contribution in [0.25, 0.3) is 0 Å². The minimum atomic E-state index is -0.468. The Morgan fingerprint density at radius 3 is 2.83 bits per heavy atom. The van der Waals surface area contributed by atoms with Gasteiger partial charge < -0.3 is 15.0 Å². The second-order valence-electron chi connectivity index (χ2n) is 4.23. The zero-order valence-electron chi connectivity index (χ0n) is 10.6. The van der Waals surface area contributed by atoms with Gasteiger partial charge >= 0.3 is 0 Å². The second kappa shape index (κ2) is 6.33. The van der Waals surface area contributed by atoms with Gasteiger partial charge in [-0.2, -0.15) is 0 Å². The van der Waals surface area contributed by atoms with E-state index >= 15 is 0 Å². The van der Waals surface area contributed by atoms with Gasteiger partial charge in [0.25, 0.3) is 0 Å². The normalized spacial score (nSPS) is 12.6. The summed E-state index contributed by atoms with van der Waals surface area (Å²) in [6.07, 6.45) is 3.21. The monoisotopic (exact) mass is 245 g/mol. The number of rotatable bonds is 6. The quantitative estimate of drug-likeness (QED) is 0.815. The van der Waals surface area contributed by atoms with Gasteiger partial charge in [0.15, 0.2) is 0 Å². The van der Waals surface area contributed by atoms with Crippen molar-refractivity contribution in [2.24, 2.45) is 0 Å². The summed E-state index contributed by atoms with van der Waals surface area (Å²) in [6, 6.07) is 9.68. The Balaban J connectivity index is 1.82. The Kier molecular flexibility index (Phi) is 4.50. The third-order valence-electron chi connectivity index (χ3n) is 2.97. The van der Waals surface area contributed by atoms with Crippen LogP contribution in [0.1, 0.15) is 24.3 Å². The third-order valence-corrected chi connectivity index (χ3v) is 2.97. The lowest BCUT2D eigenvalue weighted by Crippen LogP contribution is -2.22. The van der Waals surface area contributed by atoms with Crippen LogP contribution in [0.2, 0.25) is 0 Å². The number of hydrogen-bond acceptors (Lipinski definition) is 3. The van der Waals surface area contributed by atoms with Crippen LogP contribution in [0.4, 0.5) is 0 Å². The number of nitrogens with one attached hydrogen (secondary N) is 1. The van der Waals surface area contributed by atoms with E-state index in [1.807, 2.05) is 42.9 Å². The number of aromatic nitrogens is 2. The predicted molar refractivity (Wildman–Crippen MR) is 71.0 cm³/mol. The molecule has 4 heteroatoms. The highest BCUT2D eigenvalue weighted by Gasteiger charge is 2.06. The minimum absolute atomic E-state index is 0.468. The predicted octanol–water partition coefficient (Wildman–Crippen LogP) is 1.73. The molecular weight excluding hydrogens is 226 g/mol. The molecule has 0 aliphatic heterocycles. The van der Waals surface area contributed by atoms with Crippen LogP contribution in [0, 0.1) is 0 Å². The maximum atomic E-state index is 9.99. The van der Waals surface area contributed by atoms with Crippen molar-refractivity contribution < 1.29 is 5.11 Å². The Morgan fingerprint density at radius 1 is 1.33 bits per heavy atom. The van der Waals surface area contributed by atoms with Crippen molar-refractivity contribution in [3.63, 3.8) is 0 Å². The van der Waals surface area contributed by atoms with Gasteiger partial charge in [0, 0.05) is 25.8 Å². The number of nitrogens with zero attached hydrogens (tertiary/aromatic N) is 2. The number of aliphatic hydroxyl groups excluding tert-OH is 1. The lowest BCUT2D eigenvalue weighted by atomic mass is 10.1. The van der Waals surface area contributed by atoms with Crippen molar-refractivity contribution in [2.45, 2.75) is 26.1 Å². The molecule has 4 nitrogen and oxygen atoms in total. The number of imidazole rings is 1. The summed E-state index contributed by atoms with van der Waals surface area (Å²) in [7, 11) is 0. The topological polar surface area (TPSA) is 50.1 Å². The van der Waals surface area contributed by atoms with E-state index in [2.05, 4.69) is 21.8 Å². The lowest BCUT2D eigenvalue weighted by molar-refractivity contribution is 0.174. The lowest BCUT2D eigenvalue weighted by Gasteiger charge is -2.12. The van der Waals surface area contributed by atoms with Crippen molar-refractivity contribution in [3.05, 3.63) is 54.1 Å². The second-order valence-corrected chi connectivity index (χ2v) is 4.23. The first-order valence-corrected chi connectivity index (χ1v) is 6.24. The van der Waals surface area contributed by atoms with E-state index in [9.17, 15) is 5.11 Å². The molecule has 96 valence electrons. The van der Waals surface area contributed by atoms with E-state index < -0.39 is 6.10 Å². The van der Waals surface area contributed by atoms with Gasteiger partial charge in [0.2, 0.25) is 0 Å². The van der Waals surface area contributed by atoms with Crippen molar-refractivity contribution in [1.29, 1.82) is 0 Å². The molecule has 1 heterocycles. The molecule has 1 unspecified atom stereocenters. The average molecular weight is 245 g/mol. The van der Waals surface area contributed by atoms with Gasteiger partial charge in [-0.1, -0.05) is 30.3 Å². The summed E-state index contributed by atoms with van der Waals surface area (Å²) in [4.78, 5) is 4.11. The van der Waals surface area contributed by atoms with Gasteiger partial charge in [-0.25, -0.2) is 4.98 Å². The van der Waals surface area contributed by atoms with Crippen molar-refractivity contribution >= 4 is 0 Å². The Hall–Kier alpha value is -1.65. The molecule has 0 aliphatic rings. The van der Waals surface area contributed by atoms with Gasteiger partial charge in [-0.3, -0.25) is 0 Å². The average Bonchev–Trinajstić information content (AvgIpc) is 2.87. The fourth-order valence-electron chi connectivity index (χ4n) is 1.91. The maximum Gasteiger partial charge on any atom is 0.0948 e. The molecule has 0 saturated carbocycles. The molecule has 0 fully saturated rings. The highest BCUT2D eigenvalue weighted by molar-refractivity contribution is 5.17. The van der Waals surface area contributed by atoms with Crippen LogP contribution in [-0.4, -0.2) is 21.2 Å². The molecule has 18 heavy (non-hydrogen) atoms. The molecule has 2 aromatic rings. The minimum Gasteiger partial charge on any atom is -0.387 e. The van der Waals surface area contributed by atoms with Gasteiger partial charge in [0.1, 0.15) is 0 Å². The van der Waals surface area contributed by atoms with Crippen molar-refractivity contribution in [2.75, 3.05) is 6.54 Å². The number of aryl methyl sites for hydroxylation is 1. The standard InChI is InChI=1S/C14H19N3O/c1-2-17-11-16-9-13(17)8-15-10-14(18)12-6-4-3-5-7-12/h3-7,9,11,14-15,18H,2,8,10H2,1H3. The summed E-state index contributed by atoms with van der Waals surface area (Å²) >= 11 is 0.